The van der Waals surface area contributed by atoms with E-state index < -0.39 is 0 Å². The van der Waals surface area contributed by atoms with Crippen molar-refractivity contribution in [3.8, 4) is 0 Å². The third-order valence-corrected chi connectivity index (χ3v) is 2.25. The molecule has 0 amide bonds. The lowest BCUT2D eigenvalue weighted by Crippen LogP contribution is -1.88. The molecule has 0 bridgehead atoms. The lowest BCUT2D eigenvalue weighted by Gasteiger charge is -1.80. The van der Waals surface area contributed by atoms with Crippen LogP contribution in [0.5, 0.6) is 0 Å². The zero-order valence-corrected chi connectivity index (χ0v) is 5.24. The Kier molecular flexibility index (Phi) is 0.815. The Hall–Kier alpha value is -0.500. The summed E-state index contributed by atoms with van der Waals surface area (Å²) in [4.78, 5) is 0. The Balaban J connectivity index is 2.54. The molecule has 2 heterocycles. The van der Waals surface area contributed by atoms with Gasteiger partial charge in [-0.25, -0.2) is 0 Å². The average Bonchev–Trinajstić information content (AvgIpc) is 2.15. The molecule has 41 valence electrons. The highest BCUT2D eigenvalue weighted by atomic mass is 32.1. The summed E-state index contributed by atoms with van der Waals surface area (Å²) in [6, 6.07) is 2.16. The summed E-state index contributed by atoms with van der Waals surface area (Å²) in [5, 5.41) is 7.64. The maximum absolute atomic E-state index is 4.28. The predicted octanol–water partition coefficient (Wildman–Crippen LogP) is 1.54. The van der Waals surface area contributed by atoms with E-state index in [1.54, 1.807) is 11.3 Å². The van der Waals surface area contributed by atoms with E-state index in [9.17, 15) is 0 Å². The molecule has 1 aliphatic heterocycles. The number of hydrogen-bond donors (Lipinski definition) is 0. The molecule has 1 aliphatic rings. The van der Waals surface area contributed by atoms with Gasteiger partial charge < -0.3 is 0 Å². The predicted molar refractivity (Wildman–Crippen MR) is 34.7 cm³/mol. The summed E-state index contributed by atoms with van der Waals surface area (Å²) in [6.45, 7) is 1.02. The molecule has 0 spiro atoms. The Morgan fingerprint density at radius 2 is 2.62 bits per heavy atom. The van der Waals surface area contributed by atoms with E-state index >= 15 is 0 Å². The lowest BCUT2D eigenvalue weighted by molar-refractivity contribution is 0.913. The molecule has 0 atom stereocenters. The topological polar surface area (TPSA) is 14.1 Å². The Morgan fingerprint density at radius 1 is 1.62 bits per heavy atom. The molecular weight excluding hydrogens is 118 g/mol. The van der Waals surface area contributed by atoms with Crippen LogP contribution >= 0.6 is 11.3 Å². The van der Waals surface area contributed by atoms with Crippen LogP contribution in [0.3, 0.4) is 0 Å². The molecule has 1 aromatic heterocycles. The van der Waals surface area contributed by atoms with Gasteiger partial charge in [-0.2, -0.15) is 0 Å². The van der Waals surface area contributed by atoms with Crippen molar-refractivity contribution in [2.75, 3.05) is 6.54 Å². The Morgan fingerprint density at radius 3 is 3.50 bits per heavy atom. The van der Waals surface area contributed by atoms with Gasteiger partial charge in [-0.1, -0.05) is 0 Å². The number of thiophene rings is 1. The first kappa shape index (κ1) is 4.39. The van der Waals surface area contributed by atoms with Crippen molar-refractivity contribution in [3.63, 3.8) is 0 Å². The second-order valence-electron chi connectivity index (χ2n) is 1.88. The highest BCUT2D eigenvalue weighted by molar-refractivity contribution is 7.14. The summed E-state index contributed by atoms with van der Waals surface area (Å²) >= 11 is 1.75. The second-order valence-corrected chi connectivity index (χ2v) is 2.78. The third kappa shape index (κ3) is 0.464. The molecule has 0 fully saturated rings. The summed E-state index contributed by atoms with van der Waals surface area (Å²) in [5.74, 6) is 0. The van der Waals surface area contributed by atoms with Crippen LogP contribution in [-0.4, -0.2) is 6.54 Å². The summed E-state index contributed by atoms with van der Waals surface area (Å²) < 4.78 is 0. The molecule has 2 rings (SSSR count). The molecule has 0 unspecified atom stereocenters. The van der Waals surface area contributed by atoms with Gasteiger partial charge in [-0.3, -0.25) is 5.32 Å². The quantitative estimate of drug-likeness (QED) is 0.498. The molecule has 1 aromatic rings. The smallest absolute Gasteiger partial charge is 0.113 e. The largest absolute Gasteiger partial charge is 0.274 e. The Bertz CT molecular complexity index is 174. The first-order chi connectivity index (χ1) is 3.97. The molecule has 0 aromatic carbocycles. The number of hydrogen-bond acceptors (Lipinski definition) is 1. The first-order valence-electron chi connectivity index (χ1n) is 2.71. The van der Waals surface area contributed by atoms with Gasteiger partial charge in [0.25, 0.3) is 0 Å². The van der Waals surface area contributed by atoms with Crippen molar-refractivity contribution in [1.29, 1.82) is 0 Å². The minimum absolute atomic E-state index is 1.02. The lowest BCUT2D eigenvalue weighted by atomic mass is 10.3. The molecule has 0 saturated heterocycles. The number of rotatable bonds is 0. The van der Waals surface area contributed by atoms with Gasteiger partial charge in [-0.15, -0.1) is 11.3 Å². The second kappa shape index (κ2) is 1.49. The van der Waals surface area contributed by atoms with Gasteiger partial charge in [0.15, 0.2) is 0 Å². The highest BCUT2D eigenvalue weighted by Gasteiger charge is 2.10. The summed E-state index contributed by atoms with van der Waals surface area (Å²) in [6.07, 6.45) is 1.17. The van der Waals surface area contributed by atoms with Gasteiger partial charge in [0, 0.05) is 6.54 Å². The van der Waals surface area contributed by atoms with Gasteiger partial charge in [0.1, 0.15) is 5.00 Å². The molecule has 0 N–H and O–H groups in total. The average molecular weight is 124 g/mol. The van der Waals surface area contributed by atoms with Gasteiger partial charge >= 0.3 is 0 Å². The van der Waals surface area contributed by atoms with Crippen molar-refractivity contribution >= 4 is 16.3 Å². The van der Waals surface area contributed by atoms with Crippen LogP contribution in [0.15, 0.2) is 11.4 Å². The fourth-order valence-electron chi connectivity index (χ4n) is 0.935. The minimum Gasteiger partial charge on any atom is -0.274 e. The van der Waals surface area contributed by atoms with E-state index in [1.807, 2.05) is 0 Å². The van der Waals surface area contributed by atoms with Crippen LogP contribution in [0.25, 0.3) is 0 Å². The van der Waals surface area contributed by atoms with Crippen molar-refractivity contribution in [3.05, 3.63) is 17.0 Å². The number of fused-ring (bicyclic) bond motifs is 1. The van der Waals surface area contributed by atoms with Crippen LogP contribution in [0.4, 0.5) is 5.00 Å². The van der Waals surface area contributed by atoms with E-state index in [1.165, 1.54) is 17.0 Å². The molecule has 1 nitrogen and oxygen atoms in total. The van der Waals surface area contributed by atoms with Gasteiger partial charge in [0.05, 0.1) is 0 Å². The summed E-state index contributed by atoms with van der Waals surface area (Å²) in [7, 11) is 0. The van der Waals surface area contributed by atoms with Crippen LogP contribution < -0.4 is 5.32 Å². The summed E-state index contributed by atoms with van der Waals surface area (Å²) in [5.41, 5.74) is 1.44. The molecular formula is C6H6NS. The van der Waals surface area contributed by atoms with Crippen molar-refractivity contribution in [2.24, 2.45) is 0 Å². The van der Waals surface area contributed by atoms with Crippen LogP contribution in [-0.2, 0) is 6.42 Å². The minimum atomic E-state index is 1.02. The van der Waals surface area contributed by atoms with Crippen molar-refractivity contribution in [2.45, 2.75) is 6.42 Å². The number of nitrogens with zero attached hydrogens (tertiary/aromatic N) is 1. The van der Waals surface area contributed by atoms with E-state index in [0.29, 0.717) is 0 Å². The van der Waals surface area contributed by atoms with Gasteiger partial charge in [-0.05, 0) is 23.4 Å². The fraction of sp³-hybridized carbons (Fsp3) is 0.333. The monoisotopic (exact) mass is 124 g/mol. The van der Waals surface area contributed by atoms with Crippen LogP contribution in [0.2, 0.25) is 0 Å². The Labute approximate surface area is 52.3 Å². The zero-order chi connectivity index (χ0) is 5.40. The van der Waals surface area contributed by atoms with Crippen LogP contribution in [0, 0.1) is 0 Å². The van der Waals surface area contributed by atoms with Crippen LogP contribution in [0.1, 0.15) is 5.56 Å². The van der Waals surface area contributed by atoms with E-state index in [2.05, 4.69) is 16.8 Å². The van der Waals surface area contributed by atoms with Crippen molar-refractivity contribution < 1.29 is 0 Å². The van der Waals surface area contributed by atoms with E-state index in [0.717, 1.165) is 6.54 Å². The fourth-order valence-corrected chi connectivity index (χ4v) is 1.78. The molecule has 8 heavy (non-hydrogen) atoms. The molecule has 0 aliphatic carbocycles. The molecule has 0 saturated carbocycles. The highest BCUT2D eigenvalue weighted by Crippen LogP contribution is 2.27. The first-order valence-corrected chi connectivity index (χ1v) is 3.58. The maximum Gasteiger partial charge on any atom is 0.113 e. The van der Waals surface area contributed by atoms with Crippen molar-refractivity contribution in [1.82, 2.24) is 5.32 Å². The zero-order valence-electron chi connectivity index (χ0n) is 4.42. The maximum atomic E-state index is 4.28. The SMILES string of the molecule is c1cc2c(s1)[N]CC2. The molecule has 1 radical (unpaired) electrons. The molecule has 2 heteroatoms. The van der Waals surface area contributed by atoms with E-state index in [-0.39, 0.29) is 0 Å². The standard InChI is InChI=1S/C6H6NS/c1-3-7-6-5(1)2-4-8-6/h2,4H,1,3H2. The van der Waals surface area contributed by atoms with Gasteiger partial charge in [0.2, 0.25) is 0 Å². The van der Waals surface area contributed by atoms with E-state index in [4.69, 9.17) is 0 Å². The third-order valence-electron chi connectivity index (χ3n) is 1.36. The normalized spacial score (nSPS) is 15.5.